The van der Waals surface area contributed by atoms with Crippen LogP contribution in [0.3, 0.4) is 0 Å². The van der Waals surface area contributed by atoms with Crippen LogP contribution in [0.5, 0.6) is 0 Å². The lowest BCUT2D eigenvalue weighted by Gasteiger charge is -2.39. The van der Waals surface area contributed by atoms with E-state index in [0.717, 1.165) is 25.3 Å². The minimum atomic E-state index is 0.271. The standard InChI is InChI=1S/C13H19N5/c1-2-10-3-6-18(11(7-10)8-14)13-12(9-15)16-4-5-17-13/h4-5,10-11H,2-3,6-8,14H2,1H3. The highest BCUT2D eigenvalue weighted by molar-refractivity contribution is 5.50. The Hall–Kier alpha value is -1.67. The third-order valence-electron chi connectivity index (χ3n) is 3.73. The lowest BCUT2D eigenvalue weighted by Crippen LogP contribution is -2.47. The molecule has 0 amide bonds. The molecule has 2 rings (SSSR count). The van der Waals surface area contributed by atoms with Crippen LogP contribution in [0.2, 0.25) is 0 Å². The number of anilines is 1. The molecule has 0 radical (unpaired) electrons. The number of nitriles is 1. The molecule has 1 aromatic rings. The minimum absolute atomic E-state index is 0.271. The van der Waals surface area contributed by atoms with E-state index in [0.29, 0.717) is 18.1 Å². The second-order valence-corrected chi connectivity index (χ2v) is 4.72. The molecule has 1 saturated heterocycles. The lowest BCUT2D eigenvalue weighted by molar-refractivity contribution is 0.334. The molecular weight excluding hydrogens is 226 g/mol. The van der Waals surface area contributed by atoms with Gasteiger partial charge >= 0.3 is 0 Å². The summed E-state index contributed by atoms with van der Waals surface area (Å²) in [7, 11) is 0. The maximum atomic E-state index is 9.10. The molecule has 1 aliphatic rings. The second kappa shape index (κ2) is 5.78. The summed E-state index contributed by atoms with van der Waals surface area (Å²) >= 11 is 0. The molecule has 0 aliphatic carbocycles. The predicted molar refractivity (Wildman–Crippen MR) is 70.0 cm³/mol. The first-order valence-corrected chi connectivity index (χ1v) is 6.48. The quantitative estimate of drug-likeness (QED) is 0.868. The van der Waals surface area contributed by atoms with Crippen LogP contribution in [0.25, 0.3) is 0 Å². The molecule has 2 heterocycles. The Bertz CT molecular complexity index is 439. The Morgan fingerprint density at radius 1 is 1.50 bits per heavy atom. The SMILES string of the molecule is CCC1CCN(c2nccnc2C#N)C(CN)C1. The van der Waals surface area contributed by atoms with E-state index in [1.54, 1.807) is 12.4 Å². The molecule has 0 saturated carbocycles. The Labute approximate surface area is 108 Å². The van der Waals surface area contributed by atoms with Gasteiger partial charge in [0.2, 0.25) is 0 Å². The molecule has 1 fully saturated rings. The van der Waals surface area contributed by atoms with Crippen molar-refractivity contribution in [1.29, 1.82) is 5.26 Å². The van der Waals surface area contributed by atoms with Crippen molar-refractivity contribution in [3.05, 3.63) is 18.1 Å². The molecule has 2 N–H and O–H groups in total. The van der Waals surface area contributed by atoms with Gasteiger partial charge in [-0.25, -0.2) is 9.97 Å². The molecule has 18 heavy (non-hydrogen) atoms. The second-order valence-electron chi connectivity index (χ2n) is 4.72. The maximum absolute atomic E-state index is 9.10. The maximum Gasteiger partial charge on any atom is 0.183 e. The molecule has 0 bridgehead atoms. The van der Waals surface area contributed by atoms with Gasteiger partial charge in [0.25, 0.3) is 0 Å². The molecule has 5 nitrogen and oxygen atoms in total. The van der Waals surface area contributed by atoms with E-state index in [1.807, 2.05) is 0 Å². The number of hydrogen-bond acceptors (Lipinski definition) is 5. The zero-order valence-electron chi connectivity index (χ0n) is 10.7. The first-order chi connectivity index (χ1) is 8.80. The van der Waals surface area contributed by atoms with Gasteiger partial charge < -0.3 is 10.6 Å². The van der Waals surface area contributed by atoms with Crippen molar-refractivity contribution in [3.8, 4) is 6.07 Å². The van der Waals surface area contributed by atoms with Crippen LogP contribution in [0.15, 0.2) is 12.4 Å². The van der Waals surface area contributed by atoms with Gasteiger partial charge in [-0.05, 0) is 18.8 Å². The van der Waals surface area contributed by atoms with Crippen LogP contribution in [-0.4, -0.2) is 29.1 Å². The number of aromatic nitrogens is 2. The highest BCUT2D eigenvalue weighted by atomic mass is 15.2. The molecule has 2 unspecified atom stereocenters. The summed E-state index contributed by atoms with van der Waals surface area (Å²) < 4.78 is 0. The molecule has 1 aliphatic heterocycles. The highest BCUT2D eigenvalue weighted by Gasteiger charge is 2.29. The number of rotatable bonds is 3. The zero-order chi connectivity index (χ0) is 13.0. The van der Waals surface area contributed by atoms with E-state index >= 15 is 0 Å². The van der Waals surface area contributed by atoms with Gasteiger partial charge in [0, 0.05) is 31.5 Å². The number of nitrogens with zero attached hydrogens (tertiary/aromatic N) is 4. The smallest absolute Gasteiger partial charge is 0.183 e. The number of hydrogen-bond donors (Lipinski definition) is 1. The van der Waals surface area contributed by atoms with Crippen molar-refractivity contribution in [3.63, 3.8) is 0 Å². The van der Waals surface area contributed by atoms with E-state index in [2.05, 4.69) is 27.9 Å². The molecule has 0 spiro atoms. The Morgan fingerprint density at radius 2 is 2.28 bits per heavy atom. The van der Waals surface area contributed by atoms with Gasteiger partial charge in [-0.3, -0.25) is 0 Å². The van der Waals surface area contributed by atoms with Crippen molar-refractivity contribution in [2.45, 2.75) is 32.2 Å². The van der Waals surface area contributed by atoms with Gasteiger partial charge in [0.15, 0.2) is 11.5 Å². The van der Waals surface area contributed by atoms with Gasteiger partial charge in [0.05, 0.1) is 0 Å². The van der Waals surface area contributed by atoms with Crippen molar-refractivity contribution >= 4 is 5.82 Å². The first kappa shape index (κ1) is 12.8. The van der Waals surface area contributed by atoms with Crippen LogP contribution in [0, 0.1) is 17.2 Å². The van der Waals surface area contributed by atoms with Crippen molar-refractivity contribution < 1.29 is 0 Å². The molecule has 5 heteroatoms. The fourth-order valence-corrected chi connectivity index (χ4v) is 2.63. The summed E-state index contributed by atoms with van der Waals surface area (Å²) in [4.78, 5) is 10.5. The Morgan fingerprint density at radius 3 is 2.94 bits per heavy atom. The van der Waals surface area contributed by atoms with E-state index in [-0.39, 0.29) is 6.04 Å². The normalized spacial score (nSPS) is 23.7. The van der Waals surface area contributed by atoms with Crippen molar-refractivity contribution in [1.82, 2.24) is 9.97 Å². The third kappa shape index (κ3) is 2.44. The van der Waals surface area contributed by atoms with Crippen LogP contribution in [-0.2, 0) is 0 Å². The average Bonchev–Trinajstić information content (AvgIpc) is 2.46. The Kier molecular flexibility index (Phi) is 4.11. The van der Waals surface area contributed by atoms with Gasteiger partial charge in [-0.15, -0.1) is 0 Å². The summed E-state index contributed by atoms with van der Waals surface area (Å²) in [5.41, 5.74) is 6.26. The fourth-order valence-electron chi connectivity index (χ4n) is 2.63. The predicted octanol–water partition coefficient (Wildman–Crippen LogP) is 1.30. The van der Waals surface area contributed by atoms with Crippen LogP contribution < -0.4 is 10.6 Å². The average molecular weight is 245 g/mol. The fraction of sp³-hybridized carbons (Fsp3) is 0.615. The van der Waals surface area contributed by atoms with Crippen molar-refractivity contribution in [2.75, 3.05) is 18.0 Å². The molecule has 96 valence electrons. The highest BCUT2D eigenvalue weighted by Crippen LogP contribution is 2.29. The summed E-state index contributed by atoms with van der Waals surface area (Å²) in [5.74, 6) is 1.42. The summed E-state index contributed by atoms with van der Waals surface area (Å²) in [5, 5.41) is 9.10. The topological polar surface area (TPSA) is 78.8 Å². The largest absolute Gasteiger partial charge is 0.350 e. The van der Waals surface area contributed by atoms with Gasteiger partial charge in [0.1, 0.15) is 6.07 Å². The van der Waals surface area contributed by atoms with Gasteiger partial charge in [-0.1, -0.05) is 13.3 Å². The molecular formula is C13H19N5. The van der Waals surface area contributed by atoms with Crippen LogP contribution in [0.4, 0.5) is 5.82 Å². The Balaban J connectivity index is 2.24. The zero-order valence-corrected chi connectivity index (χ0v) is 10.7. The van der Waals surface area contributed by atoms with Gasteiger partial charge in [-0.2, -0.15) is 5.26 Å². The van der Waals surface area contributed by atoms with E-state index in [1.165, 1.54) is 6.42 Å². The summed E-state index contributed by atoms with van der Waals surface area (Å²) in [6.07, 6.45) is 6.59. The minimum Gasteiger partial charge on any atom is -0.350 e. The lowest BCUT2D eigenvalue weighted by atomic mass is 9.89. The monoisotopic (exact) mass is 245 g/mol. The van der Waals surface area contributed by atoms with Crippen LogP contribution >= 0.6 is 0 Å². The van der Waals surface area contributed by atoms with Crippen LogP contribution in [0.1, 0.15) is 31.9 Å². The van der Waals surface area contributed by atoms with E-state index < -0.39 is 0 Å². The van der Waals surface area contributed by atoms with E-state index in [9.17, 15) is 0 Å². The van der Waals surface area contributed by atoms with E-state index in [4.69, 9.17) is 11.0 Å². The summed E-state index contributed by atoms with van der Waals surface area (Å²) in [6, 6.07) is 2.38. The third-order valence-corrected chi connectivity index (χ3v) is 3.73. The number of nitrogens with two attached hydrogens (primary N) is 1. The van der Waals surface area contributed by atoms with Crippen molar-refractivity contribution in [2.24, 2.45) is 11.7 Å². The molecule has 2 atom stereocenters. The summed E-state index contributed by atoms with van der Waals surface area (Å²) in [6.45, 7) is 3.72. The molecule has 1 aromatic heterocycles. The number of piperidine rings is 1. The first-order valence-electron chi connectivity index (χ1n) is 6.48. The molecule has 0 aromatic carbocycles.